The molecule has 1 atom stereocenters. The van der Waals surface area contributed by atoms with E-state index in [1.54, 1.807) is 0 Å². The molecule has 6 heteroatoms. The molecule has 0 saturated carbocycles. The van der Waals surface area contributed by atoms with Gasteiger partial charge < -0.3 is 14.9 Å². The average molecular weight is 302 g/mol. The summed E-state index contributed by atoms with van der Waals surface area (Å²) in [6, 6.07) is 10.1. The second-order valence-electron chi connectivity index (χ2n) is 5.19. The molecule has 0 bridgehead atoms. The Morgan fingerprint density at radius 3 is 2.48 bits per heavy atom. The number of aromatic nitrogens is 2. The summed E-state index contributed by atoms with van der Waals surface area (Å²) in [5, 5.41) is 9.48. The minimum Gasteiger partial charge on any atom is -0.486 e. The fourth-order valence-corrected chi connectivity index (χ4v) is 2.89. The van der Waals surface area contributed by atoms with Crippen molar-refractivity contribution in [3.63, 3.8) is 0 Å². The first-order valence-electron chi connectivity index (χ1n) is 7.16. The van der Waals surface area contributed by atoms with Crippen LogP contribution in [0.1, 0.15) is 13.3 Å². The molecular weight excluding hydrogens is 284 g/mol. The van der Waals surface area contributed by atoms with Gasteiger partial charge in [0.15, 0.2) is 0 Å². The summed E-state index contributed by atoms with van der Waals surface area (Å²) < 4.78 is 0. The van der Waals surface area contributed by atoms with Crippen molar-refractivity contribution in [2.45, 2.75) is 19.4 Å². The highest BCUT2D eigenvalue weighted by Gasteiger charge is 2.29. The predicted molar refractivity (Wildman–Crippen MR) is 86.9 cm³/mol. The molecule has 1 unspecified atom stereocenters. The number of rotatable bonds is 2. The lowest BCUT2D eigenvalue weighted by Gasteiger charge is -2.40. The van der Waals surface area contributed by atoms with E-state index in [4.69, 9.17) is 12.2 Å². The van der Waals surface area contributed by atoms with Crippen LogP contribution in [0.3, 0.4) is 0 Å². The van der Waals surface area contributed by atoms with Crippen LogP contribution in [0.15, 0.2) is 30.3 Å². The maximum atomic E-state index is 9.50. The topological polar surface area (TPSA) is 52.5 Å². The van der Waals surface area contributed by atoms with Gasteiger partial charge in [-0.2, -0.15) is 0 Å². The van der Waals surface area contributed by atoms with Crippen molar-refractivity contribution in [2.75, 3.05) is 24.5 Å². The summed E-state index contributed by atoms with van der Waals surface area (Å²) in [4.78, 5) is 13.3. The van der Waals surface area contributed by atoms with Gasteiger partial charge in [-0.1, -0.05) is 25.1 Å². The molecule has 21 heavy (non-hydrogen) atoms. The van der Waals surface area contributed by atoms with Crippen molar-refractivity contribution in [1.82, 2.24) is 14.9 Å². The molecule has 1 N–H and O–H groups in total. The number of aliphatic hydroxyl groups is 1. The normalized spacial score (nSPS) is 19.0. The van der Waals surface area contributed by atoms with Crippen LogP contribution in [0, 0.1) is 0 Å². The molecule has 1 aliphatic carbocycles. The number of thiocarbonyl (C=S) groups is 1. The number of hydrogen-bond donors (Lipinski definition) is 1. The average Bonchev–Trinajstić information content (AvgIpc) is 2.77. The summed E-state index contributed by atoms with van der Waals surface area (Å²) in [5.74, 6) is 0.770. The van der Waals surface area contributed by atoms with Crippen molar-refractivity contribution in [3.05, 3.63) is 30.3 Å². The Kier molecular flexibility index (Phi) is 3.88. The van der Waals surface area contributed by atoms with Crippen LogP contribution in [0.2, 0.25) is 0 Å². The molecule has 3 rings (SSSR count). The van der Waals surface area contributed by atoms with E-state index >= 15 is 0 Å². The van der Waals surface area contributed by atoms with Crippen LogP contribution in [0.25, 0.3) is 11.4 Å². The van der Waals surface area contributed by atoms with Crippen molar-refractivity contribution >= 4 is 23.3 Å². The fraction of sp³-hybridized carbons (Fsp3) is 0.400. The summed E-state index contributed by atoms with van der Waals surface area (Å²) in [6.45, 7) is 4.31. The van der Waals surface area contributed by atoms with Crippen LogP contribution >= 0.6 is 12.2 Å². The molecule has 1 fully saturated rings. The number of imidazole rings is 1. The molecule has 0 spiro atoms. The third kappa shape index (κ3) is 2.76. The van der Waals surface area contributed by atoms with Crippen LogP contribution in [0.5, 0.6) is 0 Å². The minimum absolute atomic E-state index is 0.0197. The summed E-state index contributed by atoms with van der Waals surface area (Å²) in [6.07, 6.45) is 0.956. The van der Waals surface area contributed by atoms with E-state index in [0.717, 1.165) is 30.3 Å². The van der Waals surface area contributed by atoms with E-state index < -0.39 is 0 Å². The number of fused-ring (bicyclic) bond motifs is 1. The molecule has 1 saturated heterocycles. The van der Waals surface area contributed by atoms with Gasteiger partial charge >= 0.3 is 0 Å². The van der Waals surface area contributed by atoms with Gasteiger partial charge in [-0.05, 0) is 30.8 Å². The first-order chi connectivity index (χ1) is 10.2. The quantitative estimate of drug-likeness (QED) is 0.859. The van der Waals surface area contributed by atoms with Gasteiger partial charge in [0.1, 0.15) is 0 Å². The number of aliphatic hydroxyl groups excluding tert-OH is 1. The molecule has 5 nitrogen and oxygen atoms in total. The highest BCUT2D eigenvalue weighted by molar-refractivity contribution is 7.79. The molecule has 0 aromatic heterocycles. The lowest BCUT2D eigenvalue weighted by Crippen LogP contribution is -2.54. The van der Waals surface area contributed by atoms with E-state index in [1.165, 1.54) is 0 Å². The largest absolute Gasteiger partial charge is 0.486 e. The van der Waals surface area contributed by atoms with Crippen LogP contribution < -0.4 is 4.90 Å². The third-order valence-electron chi connectivity index (χ3n) is 3.92. The van der Waals surface area contributed by atoms with Crippen LogP contribution in [0.4, 0.5) is 5.95 Å². The van der Waals surface area contributed by atoms with Crippen molar-refractivity contribution in [3.8, 4) is 11.4 Å². The monoisotopic (exact) mass is 302 g/mol. The molecule has 110 valence electrons. The number of nitrogens with zero attached hydrogens (tertiary/aromatic N) is 4. The third-order valence-corrected chi connectivity index (χ3v) is 4.17. The van der Waals surface area contributed by atoms with Gasteiger partial charge in [-0.25, -0.2) is 9.97 Å². The molecular formula is C15H18N4OS. The standard InChI is InChI=1S/C15H18N4OS/c1-2-11-10-18(15(20)21)8-9-19(11)14-16-12-6-4-3-5-7-13(12)17-14/h3-7,11H,2,8-10H2,1H3,(H,20,21). The highest BCUT2D eigenvalue weighted by Crippen LogP contribution is 2.25. The van der Waals surface area contributed by atoms with Gasteiger partial charge in [0.05, 0.1) is 11.4 Å². The van der Waals surface area contributed by atoms with Gasteiger partial charge in [-0.3, -0.25) is 0 Å². The Hall–Kier alpha value is -1.95. The van der Waals surface area contributed by atoms with Gasteiger partial charge in [-0.15, -0.1) is 0 Å². The molecule has 0 aromatic rings. The van der Waals surface area contributed by atoms with Gasteiger partial charge in [0.25, 0.3) is 5.17 Å². The van der Waals surface area contributed by atoms with Crippen LogP contribution in [-0.4, -0.2) is 50.8 Å². The summed E-state index contributed by atoms with van der Waals surface area (Å²) >= 11 is 4.87. The second kappa shape index (κ2) is 5.81. The zero-order valence-corrected chi connectivity index (χ0v) is 12.8. The zero-order valence-electron chi connectivity index (χ0n) is 11.9. The van der Waals surface area contributed by atoms with Crippen molar-refractivity contribution in [2.24, 2.45) is 0 Å². The Labute approximate surface area is 129 Å². The first kappa shape index (κ1) is 14.0. The summed E-state index contributed by atoms with van der Waals surface area (Å²) in [7, 11) is 0. The van der Waals surface area contributed by atoms with E-state index in [9.17, 15) is 5.11 Å². The lowest BCUT2D eigenvalue weighted by molar-refractivity contribution is 0.280. The Morgan fingerprint density at radius 1 is 1.24 bits per heavy atom. The maximum absolute atomic E-state index is 9.50. The first-order valence-corrected chi connectivity index (χ1v) is 7.57. The molecule has 2 heterocycles. The second-order valence-corrected chi connectivity index (χ2v) is 5.55. The van der Waals surface area contributed by atoms with Gasteiger partial charge in [0, 0.05) is 25.7 Å². The number of piperazine rings is 1. The Bertz CT molecular complexity index is 590. The molecule has 0 radical (unpaired) electrons. The Morgan fingerprint density at radius 2 is 1.90 bits per heavy atom. The van der Waals surface area contributed by atoms with Crippen molar-refractivity contribution in [1.29, 1.82) is 0 Å². The zero-order chi connectivity index (χ0) is 14.8. The van der Waals surface area contributed by atoms with Crippen LogP contribution in [-0.2, 0) is 0 Å². The lowest BCUT2D eigenvalue weighted by atomic mass is 10.1. The minimum atomic E-state index is -0.0197. The summed E-state index contributed by atoms with van der Waals surface area (Å²) in [5.41, 5.74) is 1.81. The molecule has 0 aromatic carbocycles. The van der Waals surface area contributed by atoms with Crippen molar-refractivity contribution < 1.29 is 5.11 Å². The number of hydrogen-bond acceptors (Lipinski definition) is 4. The molecule has 2 aliphatic heterocycles. The SMILES string of the molecule is CCC1CN(C(O)=S)CCN1c1nc2cccccc-2n1. The smallest absolute Gasteiger partial charge is 0.256 e. The predicted octanol–water partition coefficient (Wildman–Crippen LogP) is 2.32. The van der Waals surface area contributed by atoms with Gasteiger partial charge in [0.2, 0.25) is 5.95 Å². The Balaban J connectivity index is 1.88. The van der Waals surface area contributed by atoms with E-state index in [1.807, 2.05) is 35.2 Å². The highest BCUT2D eigenvalue weighted by atomic mass is 32.1. The maximum Gasteiger partial charge on any atom is 0.256 e. The molecule has 0 amide bonds. The van der Waals surface area contributed by atoms with E-state index in [-0.39, 0.29) is 11.2 Å². The van der Waals surface area contributed by atoms with E-state index in [0.29, 0.717) is 13.1 Å². The number of anilines is 1. The van der Waals surface area contributed by atoms with E-state index in [2.05, 4.69) is 21.8 Å². The molecule has 3 aliphatic rings. The fourth-order valence-electron chi connectivity index (χ4n) is 2.73.